The zero-order valence-corrected chi connectivity index (χ0v) is 13.0. The Balaban J connectivity index is 4.15. The van der Waals surface area contributed by atoms with Crippen molar-refractivity contribution in [2.75, 3.05) is 6.54 Å². The second-order valence-electron chi connectivity index (χ2n) is 6.11. The molecule has 0 aromatic rings. The molecule has 2 nitrogen and oxygen atoms in total. The highest BCUT2D eigenvalue weighted by atomic mass is 14.7. The van der Waals surface area contributed by atoms with Gasteiger partial charge in [0.2, 0.25) is 0 Å². The second kappa shape index (κ2) is 10.8. The van der Waals surface area contributed by atoms with Crippen molar-refractivity contribution in [3.05, 3.63) is 0 Å². The lowest BCUT2D eigenvalue weighted by Crippen LogP contribution is -2.39. The topological polar surface area (TPSA) is 52.0 Å². The highest BCUT2D eigenvalue weighted by molar-refractivity contribution is 4.85. The number of hydrogen-bond acceptors (Lipinski definition) is 2. The second-order valence-corrected chi connectivity index (χ2v) is 6.11. The fourth-order valence-corrected chi connectivity index (χ4v) is 2.69. The van der Waals surface area contributed by atoms with Gasteiger partial charge in [-0.15, -0.1) is 0 Å². The Labute approximate surface area is 115 Å². The predicted octanol–water partition coefficient (Wildman–Crippen LogP) is 4.22. The highest BCUT2D eigenvalue weighted by Crippen LogP contribution is 2.35. The zero-order valence-electron chi connectivity index (χ0n) is 13.0. The summed E-state index contributed by atoms with van der Waals surface area (Å²) in [4.78, 5) is 0. The van der Waals surface area contributed by atoms with Crippen LogP contribution in [0.1, 0.15) is 85.0 Å². The van der Waals surface area contributed by atoms with Crippen molar-refractivity contribution < 1.29 is 0 Å². The van der Waals surface area contributed by atoms with Crippen molar-refractivity contribution in [1.82, 2.24) is 0 Å². The quantitative estimate of drug-likeness (QED) is 0.514. The molecule has 0 radical (unpaired) electrons. The Hall–Kier alpha value is -0.0800. The first-order valence-corrected chi connectivity index (χ1v) is 8.06. The normalized spacial score (nSPS) is 13.8. The summed E-state index contributed by atoms with van der Waals surface area (Å²) in [5.41, 5.74) is 12.4. The summed E-state index contributed by atoms with van der Waals surface area (Å²) in [5, 5.41) is 0. The molecule has 0 spiro atoms. The van der Waals surface area contributed by atoms with E-state index in [2.05, 4.69) is 20.8 Å². The first-order chi connectivity index (χ1) is 8.60. The van der Waals surface area contributed by atoms with Gasteiger partial charge < -0.3 is 11.5 Å². The maximum absolute atomic E-state index is 6.48. The summed E-state index contributed by atoms with van der Waals surface area (Å²) in [7, 11) is 0. The van der Waals surface area contributed by atoms with Gasteiger partial charge in [-0.05, 0) is 37.6 Å². The van der Waals surface area contributed by atoms with Gasteiger partial charge in [0.05, 0.1) is 0 Å². The number of nitrogens with two attached hydrogens (primary N) is 2. The van der Waals surface area contributed by atoms with E-state index in [1.807, 2.05) is 0 Å². The molecule has 0 rings (SSSR count). The van der Waals surface area contributed by atoms with E-state index in [1.54, 1.807) is 0 Å². The van der Waals surface area contributed by atoms with Crippen LogP contribution in [0.25, 0.3) is 0 Å². The van der Waals surface area contributed by atoms with Crippen LogP contribution in [0.5, 0.6) is 0 Å². The molecular weight excluding hydrogens is 220 g/mol. The summed E-state index contributed by atoms with van der Waals surface area (Å²) < 4.78 is 0. The third-order valence-electron chi connectivity index (χ3n) is 4.32. The lowest BCUT2D eigenvalue weighted by molar-refractivity contribution is 0.190. The summed E-state index contributed by atoms with van der Waals surface area (Å²) in [6.07, 6.45) is 12.6. The average Bonchev–Trinajstić information content (AvgIpc) is 2.38. The van der Waals surface area contributed by atoms with Gasteiger partial charge in [0, 0.05) is 6.04 Å². The maximum Gasteiger partial charge on any atom is 0.00929 e. The van der Waals surface area contributed by atoms with Gasteiger partial charge in [-0.3, -0.25) is 0 Å². The highest BCUT2D eigenvalue weighted by Gasteiger charge is 2.29. The fraction of sp³-hybridized carbons (Fsp3) is 1.00. The molecule has 0 fully saturated rings. The van der Waals surface area contributed by atoms with Crippen LogP contribution in [0.2, 0.25) is 0 Å². The molecule has 0 heterocycles. The van der Waals surface area contributed by atoms with E-state index in [4.69, 9.17) is 11.5 Å². The van der Waals surface area contributed by atoms with E-state index < -0.39 is 0 Å². The summed E-state index contributed by atoms with van der Waals surface area (Å²) in [6.45, 7) is 7.77. The van der Waals surface area contributed by atoms with Gasteiger partial charge in [-0.25, -0.2) is 0 Å². The van der Waals surface area contributed by atoms with Gasteiger partial charge in [0.15, 0.2) is 0 Å². The third kappa shape index (κ3) is 7.38. The van der Waals surface area contributed by atoms with Crippen LogP contribution in [-0.2, 0) is 0 Å². The lowest BCUT2D eigenvalue weighted by atomic mass is 9.73. The van der Waals surface area contributed by atoms with Crippen molar-refractivity contribution in [3.63, 3.8) is 0 Å². The number of rotatable bonds is 12. The third-order valence-corrected chi connectivity index (χ3v) is 4.32. The van der Waals surface area contributed by atoms with Crippen molar-refractivity contribution in [1.29, 1.82) is 0 Å². The van der Waals surface area contributed by atoms with Crippen molar-refractivity contribution in [2.24, 2.45) is 16.9 Å². The Kier molecular flexibility index (Phi) is 10.8. The summed E-state index contributed by atoms with van der Waals surface area (Å²) in [6, 6.07) is 0.369. The first kappa shape index (κ1) is 17.9. The van der Waals surface area contributed by atoms with Crippen molar-refractivity contribution in [2.45, 2.75) is 91.0 Å². The van der Waals surface area contributed by atoms with Gasteiger partial charge in [-0.1, -0.05) is 59.3 Å². The molecule has 0 saturated carbocycles. The Morgan fingerprint density at radius 3 is 1.89 bits per heavy atom. The SMILES string of the molecule is CCCCC(C)(CCCC)C(N)CCCCCN. The molecule has 0 bridgehead atoms. The molecule has 0 saturated heterocycles. The average molecular weight is 256 g/mol. The van der Waals surface area contributed by atoms with E-state index in [0.29, 0.717) is 11.5 Å². The van der Waals surface area contributed by atoms with Crippen LogP contribution in [-0.4, -0.2) is 12.6 Å². The van der Waals surface area contributed by atoms with Gasteiger partial charge in [0.1, 0.15) is 0 Å². The van der Waals surface area contributed by atoms with Crippen LogP contribution < -0.4 is 11.5 Å². The van der Waals surface area contributed by atoms with Gasteiger partial charge in [-0.2, -0.15) is 0 Å². The number of hydrogen-bond donors (Lipinski definition) is 2. The molecule has 0 aliphatic carbocycles. The number of unbranched alkanes of at least 4 members (excludes halogenated alkanes) is 4. The minimum atomic E-state index is 0.356. The molecule has 0 amide bonds. The van der Waals surface area contributed by atoms with E-state index in [0.717, 1.165) is 13.0 Å². The molecule has 1 atom stereocenters. The van der Waals surface area contributed by atoms with E-state index in [1.165, 1.54) is 57.8 Å². The summed E-state index contributed by atoms with van der Waals surface area (Å²) >= 11 is 0. The Morgan fingerprint density at radius 2 is 1.44 bits per heavy atom. The van der Waals surface area contributed by atoms with Crippen LogP contribution in [0, 0.1) is 5.41 Å². The molecule has 110 valence electrons. The van der Waals surface area contributed by atoms with Crippen LogP contribution in [0.4, 0.5) is 0 Å². The van der Waals surface area contributed by atoms with Crippen molar-refractivity contribution in [3.8, 4) is 0 Å². The zero-order chi connectivity index (χ0) is 13.9. The lowest BCUT2D eigenvalue weighted by Gasteiger charge is -2.36. The molecule has 0 aromatic heterocycles. The summed E-state index contributed by atoms with van der Waals surface area (Å²) in [5.74, 6) is 0. The molecule has 0 aliphatic rings. The molecule has 18 heavy (non-hydrogen) atoms. The largest absolute Gasteiger partial charge is 0.330 e. The molecule has 0 aliphatic heterocycles. The van der Waals surface area contributed by atoms with Crippen LogP contribution in [0.15, 0.2) is 0 Å². The minimum Gasteiger partial charge on any atom is -0.330 e. The molecule has 1 unspecified atom stereocenters. The van der Waals surface area contributed by atoms with Crippen LogP contribution >= 0.6 is 0 Å². The molecule has 0 aromatic carbocycles. The Bertz CT molecular complexity index is 172. The fourth-order valence-electron chi connectivity index (χ4n) is 2.69. The molecule has 4 N–H and O–H groups in total. The Morgan fingerprint density at radius 1 is 0.889 bits per heavy atom. The van der Waals surface area contributed by atoms with Gasteiger partial charge in [0.25, 0.3) is 0 Å². The van der Waals surface area contributed by atoms with Crippen molar-refractivity contribution >= 4 is 0 Å². The van der Waals surface area contributed by atoms with E-state index >= 15 is 0 Å². The smallest absolute Gasteiger partial charge is 0.00929 e. The van der Waals surface area contributed by atoms with E-state index in [-0.39, 0.29) is 0 Å². The monoisotopic (exact) mass is 256 g/mol. The molecular formula is C16H36N2. The predicted molar refractivity (Wildman–Crippen MR) is 82.7 cm³/mol. The van der Waals surface area contributed by atoms with Crippen LogP contribution in [0.3, 0.4) is 0 Å². The minimum absolute atomic E-state index is 0.356. The standard InChI is InChI=1S/C16H36N2/c1-4-6-12-16(3,13-7-5-2)15(18)11-9-8-10-14-17/h15H,4-14,17-18H2,1-3H3. The van der Waals surface area contributed by atoms with E-state index in [9.17, 15) is 0 Å². The molecule has 2 heteroatoms. The first-order valence-electron chi connectivity index (χ1n) is 8.06. The maximum atomic E-state index is 6.48. The van der Waals surface area contributed by atoms with Gasteiger partial charge >= 0.3 is 0 Å².